The van der Waals surface area contributed by atoms with Gasteiger partial charge in [0.15, 0.2) is 5.65 Å². The Kier molecular flexibility index (Phi) is 10.3. The standard InChI is InChI=1S/C32H38F3N7O4/c1-18(2)12-25(42-15-21(10-11-40(5)6)22(13-26(42)43)32(33,34)35)31(46)38-23(14-27(44)45)24-16-41-17-36-39-30(41)29(37-24)28-19(3)8-7-9-20(28)4/h7-9,13,15-18,23,25H,10-12,14H2,1-6H3,(H,38,46)(H,44,45)/t23-,25+/m1/s1. The molecule has 11 nitrogen and oxygen atoms in total. The topological polar surface area (TPSA) is 135 Å². The van der Waals surface area contributed by atoms with E-state index in [2.05, 4.69) is 15.5 Å². The smallest absolute Gasteiger partial charge is 0.416 e. The molecule has 14 heteroatoms. The van der Waals surface area contributed by atoms with E-state index >= 15 is 0 Å². The van der Waals surface area contributed by atoms with E-state index in [1.165, 1.54) is 12.5 Å². The van der Waals surface area contributed by atoms with Crippen LogP contribution in [0, 0.1) is 19.8 Å². The van der Waals surface area contributed by atoms with Gasteiger partial charge < -0.3 is 19.9 Å². The predicted molar refractivity (Wildman–Crippen MR) is 165 cm³/mol. The summed E-state index contributed by atoms with van der Waals surface area (Å²) in [6.45, 7) is 7.73. The van der Waals surface area contributed by atoms with Crippen molar-refractivity contribution in [3.8, 4) is 11.3 Å². The quantitative estimate of drug-likeness (QED) is 0.229. The van der Waals surface area contributed by atoms with Gasteiger partial charge in [0.2, 0.25) is 5.91 Å². The number of nitrogens with zero attached hydrogens (tertiary/aromatic N) is 6. The first-order valence-corrected chi connectivity index (χ1v) is 14.8. The monoisotopic (exact) mass is 641 g/mol. The third-order valence-corrected chi connectivity index (χ3v) is 7.70. The van der Waals surface area contributed by atoms with E-state index < -0.39 is 47.7 Å². The van der Waals surface area contributed by atoms with Crippen LogP contribution in [0.15, 0.2) is 47.8 Å². The van der Waals surface area contributed by atoms with Crippen LogP contribution in [-0.2, 0) is 22.2 Å². The average Bonchev–Trinajstić information content (AvgIpc) is 3.43. The van der Waals surface area contributed by atoms with Gasteiger partial charge in [0.1, 0.15) is 18.1 Å². The average molecular weight is 642 g/mol. The lowest BCUT2D eigenvalue weighted by atomic mass is 9.99. The molecule has 0 saturated carbocycles. The predicted octanol–water partition coefficient (Wildman–Crippen LogP) is 4.61. The molecule has 0 unspecified atom stereocenters. The summed E-state index contributed by atoms with van der Waals surface area (Å²) >= 11 is 0. The van der Waals surface area contributed by atoms with Crippen molar-refractivity contribution in [1.82, 2.24) is 34.4 Å². The van der Waals surface area contributed by atoms with E-state index in [9.17, 15) is 32.7 Å². The van der Waals surface area contributed by atoms with Crippen LogP contribution >= 0.6 is 0 Å². The summed E-state index contributed by atoms with van der Waals surface area (Å²) in [6.07, 6.45) is -1.14. The molecule has 3 heterocycles. The number of aromatic nitrogens is 5. The Bertz CT molecular complexity index is 1780. The molecule has 0 saturated heterocycles. The summed E-state index contributed by atoms with van der Waals surface area (Å²) in [5.41, 5.74) is 1.50. The van der Waals surface area contributed by atoms with Crippen LogP contribution in [0.3, 0.4) is 0 Å². The van der Waals surface area contributed by atoms with E-state index in [0.717, 1.165) is 27.5 Å². The number of likely N-dealkylation sites (N-methyl/N-ethyl adjacent to an activating group) is 1. The number of alkyl halides is 3. The zero-order chi connectivity index (χ0) is 33.9. The Morgan fingerprint density at radius 1 is 1.11 bits per heavy atom. The molecule has 46 heavy (non-hydrogen) atoms. The highest BCUT2D eigenvalue weighted by Gasteiger charge is 2.36. The maximum atomic E-state index is 14.0. The van der Waals surface area contributed by atoms with Crippen LogP contribution < -0.4 is 10.9 Å². The lowest BCUT2D eigenvalue weighted by molar-refractivity contribution is -0.139. The summed E-state index contributed by atoms with van der Waals surface area (Å²) in [7, 11) is 3.44. The summed E-state index contributed by atoms with van der Waals surface area (Å²) in [4.78, 5) is 45.7. The number of rotatable bonds is 12. The fraction of sp³-hybridized carbons (Fsp3) is 0.438. The van der Waals surface area contributed by atoms with Crippen molar-refractivity contribution >= 4 is 17.5 Å². The molecule has 246 valence electrons. The zero-order valence-electron chi connectivity index (χ0n) is 26.6. The summed E-state index contributed by atoms with van der Waals surface area (Å²) in [6, 6.07) is 3.86. The molecule has 2 atom stereocenters. The van der Waals surface area contributed by atoms with Crippen molar-refractivity contribution in [1.29, 1.82) is 0 Å². The minimum absolute atomic E-state index is 0.0102. The fourth-order valence-electron chi connectivity index (χ4n) is 5.49. The SMILES string of the molecule is Cc1cccc(C)c1-c1nc([C@@H](CC(=O)O)NC(=O)[C@H](CC(C)C)n2cc(CCN(C)C)c(C(F)(F)F)cc2=O)cn2cnnc12. The van der Waals surface area contributed by atoms with Gasteiger partial charge in [-0.2, -0.15) is 13.2 Å². The Hall–Kier alpha value is -4.59. The molecule has 0 aliphatic heterocycles. The first kappa shape index (κ1) is 34.3. The number of pyridine rings is 1. The third-order valence-electron chi connectivity index (χ3n) is 7.70. The number of hydrogen-bond donors (Lipinski definition) is 2. The largest absolute Gasteiger partial charge is 0.481 e. The lowest BCUT2D eigenvalue weighted by Gasteiger charge is -2.26. The second-order valence-corrected chi connectivity index (χ2v) is 12.2. The summed E-state index contributed by atoms with van der Waals surface area (Å²) in [5.74, 6) is -2.09. The van der Waals surface area contributed by atoms with Crippen molar-refractivity contribution in [2.45, 2.75) is 65.2 Å². The van der Waals surface area contributed by atoms with Gasteiger partial charge in [0, 0.05) is 30.6 Å². The van der Waals surface area contributed by atoms with Crippen LogP contribution in [0.5, 0.6) is 0 Å². The lowest BCUT2D eigenvalue weighted by Crippen LogP contribution is -2.41. The van der Waals surface area contributed by atoms with Gasteiger partial charge in [-0.1, -0.05) is 32.0 Å². The molecule has 0 aliphatic carbocycles. The highest BCUT2D eigenvalue weighted by atomic mass is 19.4. The van der Waals surface area contributed by atoms with Gasteiger partial charge in [-0.3, -0.25) is 18.8 Å². The number of carboxylic acids is 1. The molecule has 0 aliphatic rings. The Morgan fingerprint density at radius 2 is 1.78 bits per heavy atom. The van der Waals surface area contributed by atoms with E-state index in [-0.39, 0.29) is 36.6 Å². The van der Waals surface area contributed by atoms with Crippen molar-refractivity contribution in [2.24, 2.45) is 5.92 Å². The Labute approximate surface area is 264 Å². The minimum atomic E-state index is -4.76. The normalized spacial score (nSPS) is 13.4. The molecule has 4 aromatic rings. The van der Waals surface area contributed by atoms with Gasteiger partial charge in [0.05, 0.1) is 23.7 Å². The molecular formula is C32H38F3N7O4. The minimum Gasteiger partial charge on any atom is -0.481 e. The van der Waals surface area contributed by atoms with Crippen molar-refractivity contribution < 1.29 is 27.9 Å². The summed E-state index contributed by atoms with van der Waals surface area (Å²) < 4.78 is 44.4. The molecule has 3 aromatic heterocycles. The second-order valence-electron chi connectivity index (χ2n) is 12.2. The van der Waals surface area contributed by atoms with Crippen molar-refractivity contribution in [3.63, 3.8) is 0 Å². The maximum Gasteiger partial charge on any atom is 0.416 e. The molecule has 4 rings (SSSR count). The van der Waals surface area contributed by atoms with Crippen molar-refractivity contribution in [2.75, 3.05) is 20.6 Å². The number of aliphatic carboxylic acids is 1. The van der Waals surface area contributed by atoms with Gasteiger partial charge in [0.25, 0.3) is 5.56 Å². The number of hydrogen-bond acceptors (Lipinski definition) is 7. The van der Waals surface area contributed by atoms with E-state index in [0.29, 0.717) is 17.4 Å². The second kappa shape index (κ2) is 13.8. The number of carbonyl (C=O) groups excluding carboxylic acids is 1. The van der Waals surface area contributed by atoms with E-state index in [4.69, 9.17) is 4.98 Å². The van der Waals surface area contributed by atoms with Crippen LogP contribution in [0.2, 0.25) is 0 Å². The molecule has 0 fully saturated rings. The van der Waals surface area contributed by atoms with Crippen molar-refractivity contribution in [3.05, 3.63) is 81.3 Å². The highest BCUT2D eigenvalue weighted by Crippen LogP contribution is 2.33. The molecule has 2 N–H and O–H groups in total. The van der Waals surface area contributed by atoms with Gasteiger partial charge in [-0.25, -0.2) is 4.98 Å². The van der Waals surface area contributed by atoms with Gasteiger partial charge in [-0.15, -0.1) is 10.2 Å². The Morgan fingerprint density at radius 3 is 2.37 bits per heavy atom. The number of nitrogens with one attached hydrogen (secondary N) is 1. The van der Waals surface area contributed by atoms with Crippen LogP contribution in [-0.4, -0.2) is 66.7 Å². The molecule has 0 bridgehead atoms. The highest BCUT2D eigenvalue weighted by molar-refractivity contribution is 5.82. The van der Waals surface area contributed by atoms with Gasteiger partial charge in [-0.05, 0) is 63.4 Å². The number of benzene rings is 1. The first-order chi connectivity index (χ1) is 21.6. The first-order valence-electron chi connectivity index (χ1n) is 14.8. The zero-order valence-corrected chi connectivity index (χ0v) is 26.6. The van der Waals surface area contributed by atoms with E-state index in [1.807, 2.05) is 45.9 Å². The van der Waals surface area contributed by atoms with Crippen LogP contribution in [0.4, 0.5) is 13.2 Å². The molecule has 0 radical (unpaired) electrons. The third kappa shape index (κ3) is 7.79. The number of halogens is 3. The molecule has 1 aromatic carbocycles. The summed E-state index contributed by atoms with van der Waals surface area (Å²) in [5, 5.41) is 20.8. The number of carboxylic acid groups (broad SMARTS) is 1. The maximum absolute atomic E-state index is 14.0. The fourth-order valence-corrected chi connectivity index (χ4v) is 5.49. The number of fused-ring (bicyclic) bond motifs is 1. The number of amides is 1. The van der Waals surface area contributed by atoms with E-state index in [1.54, 1.807) is 23.4 Å². The molecular weight excluding hydrogens is 603 g/mol. The number of carbonyl (C=O) groups is 2. The van der Waals surface area contributed by atoms with Gasteiger partial charge >= 0.3 is 12.1 Å². The van der Waals surface area contributed by atoms with Crippen LogP contribution in [0.1, 0.15) is 66.7 Å². The molecule has 0 spiro atoms. The Balaban J connectivity index is 1.81. The molecule has 1 amide bonds. The number of aryl methyl sites for hydroxylation is 2. The van der Waals surface area contributed by atoms with Crippen LogP contribution in [0.25, 0.3) is 16.9 Å².